The molecule has 106 valence electrons. The van der Waals surface area contributed by atoms with Crippen molar-refractivity contribution in [3.05, 3.63) is 34.9 Å². The van der Waals surface area contributed by atoms with Crippen LogP contribution in [0.3, 0.4) is 0 Å². The first-order valence-electron chi connectivity index (χ1n) is 5.28. The third kappa shape index (κ3) is 3.97. The van der Waals surface area contributed by atoms with E-state index in [0.717, 1.165) is 6.07 Å². The number of hydrogen-bond donors (Lipinski definition) is 0. The summed E-state index contributed by atoms with van der Waals surface area (Å²) < 4.78 is 75.3. The molecule has 1 nitrogen and oxygen atoms in total. The van der Waals surface area contributed by atoms with Crippen molar-refractivity contribution in [2.24, 2.45) is 5.92 Å². The van der Waals surface area contributed by atoms with Gasteiger partial charge in [0.05, 0.1) is 11.1 Å². The molecule has 0 N–H and O–H groups in total. The highest BCUT2D eigenvalue weighted by atomic mass is 19.4. The van der Waals surface area contributed by atoms with Crippen molar-refractivity contribution in [1.82, 2.24) is 0 Å². The van der Waals surface area contributed by atoms with Gasteiger partial charge in [-0.2, -0.15) is 26.3 Å². The highest BCUT2D eigenvalue weighted by Gasteiger charge is 2.42. The highest BCUT2D eigenvalue weighted by Crippen LogP contribution is 2.40. The molecule has 0 saturated heterocycles. The second-order valence-electron chi connectivity index (χ2n) is 4.19. The zero-order valence-corrected chi connectivity index (χ0v) is 9.77. The Bertz CT molecular complexity index is 460. The van der Waals surface area contributed by atoms with Gasteiger partial charge in [0.25, 0.3) is 0 Å². The lowest BCUT2D eigenvalue weighted by Gasteiger charge is -2.17. The van der Waals surface area contributed by atoms with Crippen LogP contribution in [0.1, 0.15) is 23.6 Å². The Morgan fingerprint density at radius 2 is 1.58 bits per heavy atom. The van der Waals surface area contributed by atoms with Crippen molar-refractivity contribution < 1.29 is 31.1 Å². The van der Waals surface area contributed by atoms with Crippen LogP contribution in [0.2, 0.25) is 0 Å². The van der Waals surface area contributed by atoms with Gasteiger partial charge in [0.15, 0.2) is 0 Å². The molecule has 19 heavy (non-hydrogen) atoms. The molecule has 1 aromatic carbocycles. The quantitative estimate of drug-likeness (QED) is 0.603. The molecule has 0 aliphatic carbocycles. The number of carbonyl (C=O) groups is 1. The summed E-state index contributed by atoms with van der Waals surface area (Å²) in [5, 5.41) is 0. The Morgan fingerprint density at radius 3 is 2.00 bits per heavy atom. The zero-order chi connectivity index (χ0) is 14.8. The maximum Gasteiger partial charge on any atom is 0.417 e. The Balaban J connectivity index is 3.28. The van der Waals surface area contributed by atoms with E-state index in [2.05, 4.69) is 0 Å². The maximum atomic E-state index is 12.6. The Hall–Kier alpha value is -1.53. The molecule has 0 saturated carbocycles. The fourth-order valence-corrected chi connectivity index (χ4v) is 1.62. The summed E-state index contributed by atoms with van der Waals surface area (Å²) >= 11 is 0. The molecule has 0 fully saturated rings. The van der Waals surface area contributed by atoms with Gasteiger partial charge in [-0.1, -0.05) is 13.0 Å². The SMILES string of the molecule is CC(C=O)Cc1ccc(C(F)(F)F)c(C(F)(F)F)c1. The van der Waals surface area contributed by atoms with Gasteiger partial charge in [-0.15, -0.1) is 0 Å². The van der Waals surface area contributed by atoms with E-state index in [-0.39, 0.29) is 12.0 Å². The van der Waals surface area contributed by atoms with Crippen LogP contribution >= 0.6 is 0 Å². The van der Waals surface area contributed by atoms with E-state index < -0.39 is 29.4 Å². The molecular weight excluding hydrogens is 274 g/mol. The second-order valence-corrected chi connectivity index (χ2v) is 4.19. The average Bonchev–Trinajstić information content (AvgIpc) is 2.26. The molecule has 0 aliphatic rings. The van der Waals surface area contributed by atoms with Crippen molar-refractivity contribution >= 4 is 6.29 Å². The van der Waals surface area contributed by atoms with Gasteiger partial charge in [-0.3, -0.25) is 0 Å². The topological polar surface area (TPSA) is 17.1 Å². The van der Waals surface area contributed by atoms with Gasteiger partial charge in [0.2, 0.25) is 0 Å². The fourth-order valence-electron chi connectivity index (χ4n) is 1.62. The molecular formula is C12H10F6O. The van der Waals surface area contributed by atoms with Crippen LogP contribution < -0.4 is 0 Å². The van der Waals surface area contributed by atoms with E-state index in [1.165, 1.54) is 6.92 Å². The van der Waals surface area contributed by atoms with E-state index >= 15 is 0 Å². The predicted octanol–water partition coefficient (Wildman–Crippen LogP) is 4.10. The first-order chi connectivity index (χ1) is 8.55. The molecule has 0 aromatic heterocycles. The summed E-state index contributed by atoms with van der Waals surface area (Å²) in [6.45, 7) is 1.47. The standard InChI is InChI=1S/C12H10F6O/c1-7(6-19)4-8-2-3-9(11(13,14)15)10(5-8)12(16,17)18/h2-3,5-7H,4H2,1H3. The smallest absolute Gasteiger partial charge is 0.303 e. The van der Waals surface area contributed by atoms with Crippen molar-refractivity contribution in [2.75, 3.05) is 0 Å². The maximum absolute atomic E-state index is 12.6. The molecule has 0 amide bonds. The monoisotopic (exact) mass is 284 g/mol. The summed E-state index contributed by atoms with van der Waals surface area (Å²) in [7, 11) is 0. The minimum atomic E-state index is -5.09. The molecule has 1 rings (SSSR count). The average molecular weight is 284 g/mol. The van der Waals surface area contributed by atoms with E-state index in [1.807, 2.05) is 0 Å². The summed E-state index contributed by atoms with van der Waals surface area (Å²) in [5.74, 6) is -0.558. The summed E-state index contributed by atoms with van der Waals surface area (Å²) in [5.41, 5.74) is -3.40. The molecule has 1 unspecified atom stereocenters. The minimum absolute atomic E-state index is 0.0370. The normalized spacial score (nSPS) is 14.3. The molecule has 0 radical (unpaired) electrons. The molecule has 7 heteroatoms. The van der Waals surface area contributed by atoms with E-state index in [4.69, 9.17) is 0 Å². The van der Waals surface area contributed by atoms with Crippen LogP contribution in [-0.4, -0.2) is 6.29 Å². The van der Waals surface area contributed by atoms with E-state index in [1.54, 1.807) is 0 Å². The van der Waals surface area contributed by atoms with Crippen LogP contribution in [-0.2, 0) is 23.6 Å². The number of carbonyl (C=O) groups excluding carboxylic acids is 1. The second kappa shape index (κ2) is 5.22. The first-order valence-corrected chi connectivity index (χ1v) is 5.28. The molecule has 1 aromatic rings. The molecule has 1 atom stereocenters. The fraction of sp³-hybridized carbons (Fsp3) is 0.417. The van der Waals surface area contributed by atoms with Crippen LogP contribution in [0.4, 0.5) is 26.3 Å². The third-order valence-electron chi connectivity index (χ3n) is 2.48. The zero-order valence-electron chi connectivity index (χ0n) is 9.77. The predicted molar refractivity (Wildman–Crippen MR) is 55.4 cm³/mol. The Kier molecular flexibility index (Phi) is 4.27. The highest BCUT2D eigenvalue weighted by molar-refractivity contribution is 5.53. The van der Waals surface area contributed by atoms with Gasteiger partial charge in [0, 0.05) is 5.92 Å². The number of benzene rings is 1. The lowest BCUT2D eigenvalue weighted by atomic mass is 9.97. The van der Waals surface area contributed by atoms with Crippen molar-refractivity contribution in [3.63, 3.8) is 0 Å². The van der Waals surface area contributed by atoms with E-state index in [9.17, 15) is 31.1 Å². The number of hydrogen-bond acceptors (Lipinski definition) is 1. The van der Waals surface area contributed by atoms with Crippen molar-refractivity contribution in [1.29, 1.82) is 0 Å². The van der Waals surface area contributed by atoms with Crippen molar-refractivity contribution in [2.45, 2.75) is 25.7 Å². The first kappa shape index (κ1) is 15.5. The van der Waals surface area contributed by atoms with Crippen molar-refractivity contribution in [3.8, 4) is 0 Å². The van der Waals surface area contributed by atoms with Crippen LogP contribution in [0, 0.1) is 5.92 Å². The lowest BCUT2D eigenvalue weighted by molar-refractivity contribution is -0.162. The van der Waals surface area contributed by atoms with E-state index in [0.29, 0.717) is 18.4 Å². The number of aldehydes is 1. The van der Waals surface area contributed by atoms with Crippen LogP contribution in [0.5, 0.6) is 0 Å². The van der Waals surface area contributed by atoms with Gasteiger partial charge in [-0.05, 0) is 24.1 Å². The minimum Gasteiger partial charge on any atom is -0.303 e. The third-order valence-corrected chi connectivity index (χ3v) is 2.48. The molecule has 0 heterocycles. The van der Waals surface area contributed by atoms with Crippen LogP contribution in [0.15, 0.2) is 18.2 Å². The van der Waals surface area contributed by atoms with Gasteiger partial charge < -0.3 is 4.79 Å². The lowest BCUT2D eigenvalue weighted by Crippen LogP contribution is -2.17. The molecule has 0 bridgehead atoms. The summed E-state index contributed by atoms with van der Waals surface area (Å²) in [6.07, 6.45) is -9.67. The van der Waals surface area contributed by atoms with Gasteiger partial charge in [0.1, 0.15) is 6.29 Å². The Morgan fingerprint density at radius 1 is 1.05 bits per heavy atom. The number of alkyl halides is 6. The number of halogens is 6. The largest absolute Gasteiger partial charge is 0.417 e. The Labute approximate surface area is 105 Å². The summed E-state index contributed by atoms with van der Waals surface area (Å²) in [6, 6.07) is 1.80. The van der Waals surface area contributed by atoms with Crippen LogP contribution in [0.25, 0.3) is 0 Å². The van der Waals surface area contributed by atoms with Gasteiger partial charge >= 0.3 is 12.4 Å². The molecule has 0 spiro atoms. The number of rotatable bonds is 3. The van der Waals surface area contributed by atoms with Gasteiger partial charge in [-0.25, -0.2) is 0 Å². The summed E-state index contributed by atoms with van der Waals surface area (Å²) in [4.78, 5) is 10.4. The molecule has 0 aliphatic heterocycles.